The van der Waals surface area contributed by atoms with Gasteiger partial charge >= 0.3 is 0 Å². The van der Waals surface area contributed by atoms with Gasteiger partial charge < -0.3 is 10.3 Å². The molecule has 0 aliphatic carbocycles. The van der Waals surface area contributed by atoms with Crippen molar-refractivity contribution in [2.75, 3.05) is 0 Å². The molecule has 1 aromatic carbocycles. The summed E-state index contributed by atoms with van der Waals surface area (Å²) >= 11 is 4.80. The Morgan fingerprint density at radius 2 is 2.21 bits per heavy atom. The zero-order valence-corrected chi connectivity index (χ0v) is 12.8. The van der Waals surface area contributed by atoms with E-state index in [0.717, 1.165) is 22.0 Å². The quantitative estimate of drug-likeness (QED) is 0.847. The van der Waals surface area contributed by atoms with Crippen molar-refractivity contribution >= 4 is 27.7 Å². The number of nitrogens with zero attached hydrogens (tertiary/aromatic N) is 3. The summed E-state index contributed by atoms with van der Waals surface area (Å²) in [5, 5.41) is 8.87. The van der Waals surface area contributed by atoms with Crippen LogP contribution in [0.5, 0.6) is 0 Å². The lowest BCUT2D eigenvalue weighted by molar-refractivity contribution is 0.616. The number of benzene rings is 1. The Morgan fingerprint density at radius 3 is 2.89 bits per heavy atom. The van der Waals surface area contributed by atoms with E-state index in [1.54, 1.807) is 12.1 Å². The van der Waals surface area contributed by atoms with Crippen molar-refractivity contribution in [3.05, 3.63) is 39.9 Å². The Kier molecular flexibility index (Phi) is 4.95. The van der Waals surface area contributed by atoms with E-state index < -0.39 is 0 Å². The average molecular weight is 345 g/mol. The van der Waals surface area contributed by atoms with E-state index >= 15 is 0 Å². The molecule has 1 aromatic heterocycles. The summed E-state index contributed by atoms with van der Waals surface area (Å²) in [7, 11) is 0. The molecule has 1 heterocycles. The van der Waals surface area contributed by atoms with Gasteiger partial charge in [-0.3, -0.25) is 0 Å². The molecule has 0 atom stereocenters. The molecule has 0 aliphatic rings. The molecule has 0 saturated carbocycles. The number of hydrogen-bond acceptors (Lipinski definition) is 4. The molecule has 19 heavy (non-hydrogen) atoms. The van der Waals surface area contributed by atoms with Crippen molar-refractivity contribution in [1.29, 1.82) is 0 Å². The monoisotopic (exact) mass is 344 g/mol. The summed E-state index contributed by atoms with van der Waals surface area (Å²) < 4.78 is 16.4. The Morgan fingerprint density at radius 1 is 1.42 bits per heavy atom. The van der Waals surface area contributed by atoms with Gasteiger partial charge in [0, 0.05) is 16.8 Å². The molecule has 0 saturated heterocycles. The van der Waals surface area contributed by atoms with Crippen molar-refractivity contribution < 1.29 is 4.39 Å². The van der Waals surface area contributed by atoms with E-state index in [9.17, 15) is 4.39 Å². The second kappa shape index (κ2) is 6.49. The molecule has 0 unspecified atom stereocenters. The smallest absolute Gasteiger partial charge is 0.191 e. The molecular weight excluding hydrogens is 331 g/mol. The summed E-state index contributed by atoms with van der Waals surface area (Å²) in [5.74, 6) is 1.05. The third kappa shape index (κ3) is 3.34. The predicted octanol–water partition coefficient (Wildman–Crippen LogP) is 2.95. The SMILES string of the molecule is CCn1c(CN)nnc1SCc1cc(Br)ccc1F. The summed E-state index contributed by atoms with van der Waals surface area (Å²) in [6.45, 7) is 3.11. The van der Waals surface area contributed by atoms with Gasteiger partial charge in [-0.15, -0.1) is 10.2 Å². The maximum Gasteiger partial charge on any atom is 0.191 e. The second-order valence-corrected chi connectivity index (χ2v) is 5.73. The summed E-state index contributed by atoms with van der Waals surface area (Å²) in [4.78, 5) is 0. The molecule has 4 nitrogen and oxygen atoms in total. The maximum atomic E-state index is 13.6. The van der Waals surface area contributed by atoms with Crippen LogP contribution in [-0.4, -0.2) is 14.8 Å². The van der Waals surface area contributed by atoms with Gasteiger partial charge in [0.05, 0.1) is 6.54 Å². The lowest BCUT2D eigenvalue weighted by Crippen LogP contribution is -2.08. The Bertz CT molecular complexity index is 573. The summed E-state index contributed by atoms with van der Waals surface area (Å²) in [5.41, 5.74) is 6.23. The van der Waals surface area contributed by atoms with Gasteiger partial charge in [-0.2, -0.15) is 0 Å². The molecule has 0 amide bonds. The first kappa shape index (κ1) is 14.5. The van der Waals surface area contributed by atoms with Crippen molar-refractivity contribution in [1.82, 2.24) is 14.8 Å². The van der Waals surface area contributed by atoms with Crippen LogP contribution in [0.25, 0.3) is 0 Å². The van der Waals surface area contributed by atoms with Gasteiger partial charge in [0.15, 0.2) is 5.16 Å². The minimum Gasteiger partial charge on any atom is -0.324 e. The number of rotatable bonds is 5. The predicted molar refractivity (Wildman–Crippen MR) is 77.2 cm³/mol. The molecule has 7 heteroatoms. The van der Waals surface area contributed by atoms with Crippen LogP contribution in [0, 0.1) is 5.82 Å². The van der Waals surface area contributed by atoms with E-state index in [4.69, 9.17) is 5.73 Å². The fraction of sp³-hybridized carbons (Fsp3) is 0.333. The molecule has 2 aromatic rings. The van der Waals surface area contributed by atoms with Crippen molar-refractivity contribution in [3.8, 4) is 0 Å². The van der Waals surface area contributed by atoms with Crippen molar-refractivity contribution in [2.24, 2.45) is 5.73 Å². The van der Waals surface area contributed by atoms with Crippen LogP contribution >= 0.6 is 27.7 Å². The van der Waals surface area contributed by atoms with Gasteiger partial charge in [0.2, 0.25) is 0 Å². The topological polar surface area (TPSA) is 56.7 Å². The number of halogens is 2. The van der Waals surface area contributed by atoms with Crippen LogP contribution in [0.15, 0.2) is 27.8 Å². The highest BCUT2D eigenvalue weighted by atomic mass is 79.9. The third-order valence-electron chi connectivity index (χ3n) is 2.66. The number of aromatic nitrogens is 3. The van der Waals surface area contributed by atoms with E-state index in [1.165, 1.54) is 17.8 Å². The number of nitrogens with two attached hydrogens (primary N) is 1. The molecule has 2 N–H and O–H groups in total. The lowest BCUT2D eigenvalue weighted by atomic mass is 10.2. The fourth-order valence-electron chi connectivity index (χ4n) is 1.69. The van der Waals surface area contributed by atoms with Gasteiger partial charge in [0.1, 0.15) is 11.6 Å². The van der Waals surface area contributed by atoms with E-state index in [0.29, 0.717) is 17.9 Å². The van der Waals surface area contributed by atoms with E-state index in [2.05, 4.69) is 26.1 Å². The molecule has 102 valence electrons. The van der Waals surface area contributed by atoms with Gasteiger partial charge in [0.25, 0.3) is 0 Å². The standard InChI is InChI=1S/C12H14BrFN4S/c1-2-18-11(6-15)16-17-12(18)19-7-8-5-9(13)3-4-10(8)14/h3-5H,2,6-7,15H2,1H3. The number of thioether (sulfide) groups is 1. The number of hydrogen-bond donors (Lipinski definition) is 1. The maximum absolute atomic E-state index is 13.6. The molecule has 0 radical (unpaired) electrons. The van der Waals surface area contributed by atoms with Crippen molar-refractivity contribution in [3.63, 3.8) is 0 Å². The van der Waals surface area contributed by atoms with Crippen molar-refractivity contribution in [2.45, 2.75) is 30.9 Å². The second-order valence-electron chi connectivity index (χ2n) is 3.87. The lowest BCUT2D eigenvalue weighted by Gasteiger charge is -2.06. The average Bonchev–Trinajstić information content (AvgIpc) is 2.81. The first-order valence-electron chi connectivity index (χ1n) is 5.84. The van der Waals surface area contributed by atoms with Gasteiger partial charge in [-0.1, -0.05) is 27.7 Å². The van der Waals surface area contributed by atoms with Crippen LogP contribution in [-0.2, 0) is 18.8 Å². The van der Waals surface area contributed by atoms with Gasteiger partial charge in [-0.25, -0.2) is 4.39 Å². The van der Waals surface area contributed by atoms with Gasteiger partial charge in [-0.05, 0) is 30.7 Å². The Labute approximate surface area is 123 Å². The Balaban J connectivity index is 2.14. The minimum atomic E-state index is -0.211. The van der Waals surface area contributed by atoms with Crippen LogP contribution < -0.4 is 5.73 Å². The zero-order chi connectivity index (χ0) is 13.8. The largest absolute Gasteiger partial charge is 0.324 e. The first-order chi connectivity index (χ1) is 9.15. The fourth-order valence-corrected chi connectivity index (χ4v) is 3.09. The Hall–Kier alpha value is -0.920. The molecule has 2 rings (SSSR count). The van der Waals surface area contributed by atoms with Crippen LogP contribution in [0.1, 0.15) is 18.3 Å². The summed E-state index contributed by atoms with van der Waals surface area (Å²) in [6.07, 6.45) is 0. The normalized spacial score (nSPS) is 10.9. The molecule has 0 fully saturated rings. The highest BCUT2D eigenvalue weighted by molar-refractivity contribution is 9.10. The first-order valence-corrected chi connectivity index (χ1v) is 7.62. The molecule has 0 aliphatic heterocycles. The molecule has 0 bridgehead atoms. The van der Waals surface area contributed by atoms with E-state index in [-0.39, 0.29) is 5.82 Å². The minimum absolute atomic E-state index is 0.211. The third-order valence-corrected chi connectivity index (χ3v) is 4.17. The van der Waals surface area contributed by atoms with Crippen LogP contribution in [0.4, 0.5) is 4.39 Å². The van der Waals surface area contributed by atoms with Crippen LogP contribution in [0.2, 0.25) is 0 Å². The highest BCUT2D eigenvalue weighted by Crippen LogP contribution is 2.25. The zero-order valence-electron chi connectivity index (χ0n) is 10.4. The molecular formula is C12H14BrFN4S. The highest BCUT2D eigenvalue weighted by Gasteiger charge is 2.11. The van der Waals surface area contributed by atoms with E-state index in [1.807, 2.05) is 11.5 Å². The van der Waals surface area contributed by atoms with Crippen LogP contribution in [0.3, 0.4) is 0 Å². The molecule has 0 spiro atoms. The summed E-state index contributed by atoms with van der Waals surface area (Å²) in [6, 6.07) is 4.92.